The first kappa shape index (κ1) is 14.0. The standard InChI is InChI=1S/C13H16N4O3S/c1-9-12(7-11(20-9)8-14-10-4-5-10)21(18,19)17-13-3-2-6-15-16-13/h2-3,6-7,10,14H,4-5,8H2,1H3,(H,16,17). The zero-order valence-corrected chi connectivity index (χ0v) is 12.4. The molecule has 0 bridgehead atoms. The van der Waals surface area contributed by atoms with Gasteiger partial charge >= 0.3 is 0 Å². The summed E-state index contributed by atoms with van der Waals surface area (Å²) in [5, 5.41) is 10.6. The summed E-state index contributed by atoms with van der Waals surface area (Å²) in [6, 6.07) is 5.23. The molecule has 1 aliphatic rings. The van der Waals surface area contributed by atoms with E-state index in [0.717, 1.165) is 0 Å². The van der Waals surface area contributed by atoms with E-state index in [0.29, 0.717) is 24.1 Å². The van der Waals surface area contributed by atoms with E-state index in [9.17, 15) is 8.42 Å². The van der Waals surface area contributed by atoms with Crippen molar-refractivity contribution in [2.24, 2.45) is 0 Å². The molecule has 112 valence electrons. The molecule has 0 radical (unpaired) electrons. The number of rotatable bonds is 6. The van der Waals surface area contributed by atoms with E-state index < -0.39 is 10.0 Å². The lowest BCUT2D eigenvalue weighted by atomic mass is 10.4. The molecule has 2 aromatic heterocycles. The molecule has 2 heterocycles. The molecule has 1 aliphatic carbocycles. The van der Waals surface area contributed by atoms with Gasteiger partial charge in [0.15, 0.2) is 5.82 Å². The van der Waals surface area contributed by atoms with Crippen molar-refractivity contribution in [3.8, 4) is 0 Å². The summed E-state index contributed by atoms with van der Waals surface area (Å²) < 4.78 is 32.5. The van der Waals surface area contributed by atoms with Crippen molar-refractivity contribution in [3.05, 3.63) is 35.9 Å². The Morgan fingerprint density at radius 2 is 2.24 bits per heavy atom. The highest BCUT2D eigenvalue weighted by Crippen LogP contribution is 2.24. The molecular weight excluding hydrogens is 292 g/mol. The summed E-state index contributed by atoms with van der Waals surface area (Å²) in [4.78, 5) is 0.126. The second-order valence-electron chi connectivity index (χ2n) is 5.00. The number of furan rings is 1. The average molecular weight is 308 g/mol. The van der Waals surface area contributed by atoms with E-state index in [1.807, 2.05) is 0 Å². The second kappa shape index (κ2) is 5.45. The van der Waals surface area contributed by atoms with Gasteiger partial charge in [-0.1, -0.05) is 0 Å². The Labute approximate surface area is 122 Å². The Morgan fingerprint density at radius 3 is 2.90 bits per heavy atom. The van der Waals surface area contributed by atoms with Gasteiger partial charge < -0.3 is 9.73 Å². The van der Waals surface area contributed by atoms with Crippen LogP contribution in [0.3, 0.4) is 0 Å². The minimum Gasteiger partial charge on any atom is -0.464 e. The maximum atomic E-state index is 12.3. The Morgan fingerprint density at radius 1 is 1.43 bits per heavy atom. The Balaban J connectivity index is 1.77. The van der Waals surface area contributed by atoms with Gasteiger partial charge in [-0.25, -0.2) is 8.42 Å². The predicted octanol–water partition coefficient (Wildman–Crippen LogP) is 1.43. The Kier molecular flexibility index (Phi) is 3.64. The summed E-state index contributed by atoms with van der Waals surface area (Å²) in [5.41, 5.74) is 0. The van der Waals surface area contributed by atoms with E-state index in [1.54, 1.807) is 19.1 Å². The van der Waals surface area contributed by atoms with Crippen molar-refractivity contribution < 1.29 is 12.8 Å². The van der Waals surface area contributed by atoms with Crippen molar-refractivity contribution in [1.29, 1.82) is 0 Å². The van der Waals surface area contributed by atoms with Gasteiger partial charge in [0.1, 0.15) is 16.4 Å². The van der Waals surface area contributed by atoms with Crippen LogP contribution < -0.4 is 10.0 Å². The van der Waals surface area contributed by atoms with Crippen LogP contribution in [0.4, 0.5) is 5.82 Å². The first-order valence-corrected chi connectivity index (χ1v) is 8.16. The molecule has 0 aromatic carbocycles. The summed E-state index contributed by atoms with van der Waals surface area (Å²) >= 11 is 0. The van der Waals surface area contributed by atoms with Gasteiger partial charge in [-0.2, -0.15) is 5.10 Å². The number of sulfonamides is 1. The molecule has 0 aliphatic heterocycles. The first-order valence-electron chi connectivity index (χ1n) is 6.68. The monoisotopic (exact) mass is 308 g/mol. The SMILES string of the molecule is Cc1oc(CNC2CC2)cc1S(=O)(=O)Nc1cccnn1. The summed E-state index contributed by atoms with van der Waals surface area (Å²) in [6.07, 6.45) is 3.81. The highest BCUT2D eigenvalue weighted by molar-refractivity contribution is 7.92. The molecule has 0 spiro atoms. The van der Waals surface area contributed by atoms with E-state index in [-0.39, 0.29) is 10.7 Å². The summed E-state index contributed by atoms with van der Waals surface area (Å²) in [7, 11) is -3.72. The minimum atomic E-state index is -3.72. The maximum Gasteiger partial charge on any atom is 0.266 e. The summed E-state index contributed by atoms with van der Waals surface area (Å²) in [6.45, 7) is 2.16. The van der Waals surface area contributed by atoms with Crippen LogP contribution in [-0.2, 0) is 16.6 Å². The van der Waals surface area contributed by atoms with Gasteiger partial charge in [-0.15, -0.1) is 5.10 Å². The quantitative estimate of drug-likeness (QED) is 0.838. The van der Waals surface area contributed by atoms with E-state index >= 15 is 0 Å². The average Bonchev–Trinajstić information content (AvgIpc) is 3.19. The van der Waals surface area contributed by atoms with Crippen LogP contribution in [0.25, 0.3) is 0 Å². The lowest BCUT2D eigenvalue weighted by molar-refractivity contribution is 0.456. The molecule has 8 heteroatoms. The number of anilines is 1. The van der Waals surface area contributed by atoms with Crippen LogP contribution in [0, 0.1) is 6.92 Å². The molecule has 21 heavy (non-hydrogen) atoms. The molecule has 1 fully saturated rings. The third-order valence-electron chi connectivity index (χ3n) is 3.17. The summed E-state index contributed by atoms with van der Waals surface area (Å²) in [5.74, 6) is 1.15. The number of nitrogens with one attached hydrogen (secondary N) is 2. The van der Waals surface area contributed by atoms with Gasteiger partial charge in [0, 0.05) is 18.3 Å². The van der Waals surface area contributed by atoms with Crippen LogP contribution in [0.5, 0.6) is 0 Å². The molecule has 2 aromatic rings. The fourth-order valence-corrected chi connectivity index (χ4v) is 3.16. The molecule has 1 saturated carbocycles. The van der Waals surface area contributed by atoms with Crippen molar-refractivity contribution in [3.63, 3.8) is 0 Å². The van der Waals surface area contributed by atoms with Crippen molar-refractivity contribution in [2.45, 2.75) is 37.2 Å². The molecule has 0 amide bonds. The molecular formula is C13H16N4O3S. The van der Waals surface area contributed by atoms with Crippen LogP contribution in [0.15, 0.2) is 33.7 Å². The normalized spacial score (nSPS) is 15.1. The lowest BCUT2D eigenvalue weighted by Crippen LogP contribution is -2.15. The lowest BCUT2D eigenvalue weighted by Gasteiger charge is -2.04. The number of nitrogens with zero attached hydrogens (tertiary/aromatic N) is 2. The molecule has 0 atom stereocenters. The van der Waals surface area contributed by atoms with Crippen molar-refractivity contribution >= 4 is 15.8 Å². The Hall–Kier alpha value is -1.93. The zero-order chi connectivity index (χ0) is 14.9. The zero-order valence-electron chi connectivity index (χ0n) is 11.5. The van der Waals surface area contributed by atoms with Gasteiger partial charge in [-0.3, -0.25) is 4.72 Å². The maximum absolute atomic E-state index is 12.3. The van der Waals surface area contributed by atoms with Crippen LogP contribution in [-0.4, -0.2) is 24.7 Å². The fraction of sp³-hybridized carbons (Fsp3) is 0.385. The predicted molar refractivity (Wildman–Crippen MR) is 76.1 cm³/mol. The third-order valence-corrected chi connectivity index (χ3v) is 4.63. The van der Waals surface area contributed by atoms with Gasteiger partial charge in [0.25, 0.3) is 10.0 Å². The van der Waals surface area contributed by atoms with Crippen LogP contribution in [0.2, 0.25) is 0 Å². The smallest absolute Gasteiger partial charge is 0.266 e. The molecule has 0 unspecified atom stereocenters. The van der Waals surface area contributed by atoms with E-state index in [4.69, 9.17) is 4.42 Å². The topological polar surface area (TPSA) is 97.1 Å². The van der Waals surface area contributed by atoms with Gasteiger partial charge in [-0.05, 0) is 31.9 Å². The van der Waals surface area contributed by atoms with Crippen molar-refractivity contribution in [2.75, 3.05) is 4.72 Å². The number of aryl methyl sites for hydroxylation is 1. The molecule has 0 saturated heterocycles. The molecule has 7 nitrogen and oxygen atoms in total. The van der Waals surface area contributed by atoms with Crippen LogP contribution in [0.1, 0.15) is 24.4 Å². The van der Waals surface area contributed by atoms with Crippen LogP contribution >= 0.6 is 0 Å². The van der Waals surface area contributed by atoms with E-state index in [2.05, 4.69) is 20.2 Å². The Bertz CT molecular complexity index is 723. The minimum absolute atomic E-state index is 0.126. The van der Waals surface area contributed by atoms with Gasteiger partial charge in [0.05, 0.1) is 6.54 Å². The van der Waals surface area contributed by atoms with Gasteiger partial charge in [0.2, 0.25) is 0 Å². The second-order valence-corrected chi connectivity index (χ2v) is 6.65. The molecule has 2 N–H and O–H groups in total. The number of aromatic nitrogens is 2. The first-order chi connectivity index (χ1) is 10.0. The largest absolute Gasteiger partial charge is 0.464 e. The van der Waals surface area contributed by atoms with Crippen molar-refractivity contribution in [1.82, 2.24) is 15.5 Å². The molecule has 3 rings (SSSR count). The number of hydrogen-bond donors (Lipinski definition) is 2. The van der Waals surface area contributed by atoms with E-state index in [1.165, 1.54) is 25.1 Å². The highest BCUT2D eigenvalue weighted by Gasteiger charge is 2.24. The number of hydrogen-bond acceptors (Lipinski definition) is 6. The highest BCUT2D eigenvalue weighted by atomic mass is 32.2. The fourth-order valence-electron chi connectivity index (χ4n) is 1.96. The third kappa shape index (κ3) is 3.40.